The number of amides is 1. The molecular weight excluding hydrogens is 346 g/mol. The molecule has 0 aliphatic rings. The second-order valence-corrected chi connectivity index (χ2v) is 6.69. The van der Waals surface area contributed by atoms with Crippen molar-refractivity contribution in [2.45, 2.75) is 25.7 Å². The Morgan fingerprint density at radius 1 is 1.11 bits per heavy atom. The van der Waals surface area contributed by atoms with Crippen LogP contribution in [-0.2, 0) is 15.0 Å². The zero-order valence-electron chi connectivity index (χ0n) is 15.0. The molecule has 0 unspecified atom stereocenters. The summed E-state index contributed by atoms with van der Waals surface area (Å²) in [5, 5.41) is 13.1. The van der Waals surface area contributed by atoms with Crippen LogP contribution in [-0.4, -0.2) is 17.0 Å². The van der Waals surface area contributed by atoms with Crippen LogP contribution in [0.4, 0.5) is 5.69 Å². The minimum Gasteiger partial charge on any atom is -0.481 e. The fourth-order valence-corrected chi connectivity index (χ4v) is 3.04. The number of fused-ring (bicyclic) bond motifs is 1. The van der Waals surface area contributed by atoms with Crippen LogP contribution in [0.5, 0.6) is 0 Å². The Kier molecular flexibility index (Phi) is 4.81. The van der Waals surface area contributed by atoms with Crippen molar-refractivity contribution in [3.63, 3.8) is 0 Å². The van der Waals surface area contributed by atoms with Gasteiger partial charge in [-0.05, 0) is 37.1 Å². The second kappa shape index (κ2) is 7.07. The van der Waals surface area contributed by atoms with Crippen LogP contribution in [0.25, 0.3) is 11.0 Å². The van der Waals surface area contributed by atoms with Crippen LogP contribution in [0, 0.1) is 6.92 Å². The van der Waals surface area contributed by atoms with Gasteiger partial charge in [0.1, 0.15) is 5.58 Å². The molecule has 2 aromatic carbocycles. The van der Waals surface area contributed by atoms with Gasteiger partial charge in [-0.1, -0.05) is 30.3 Å². The van der Waals surface area contributed by atoms with Gasteiger partial charge in [-0.15, -0.1) is 0 Å². The molecule has 2 N–H and O–H groups in total. The maximum Gasteiger partial charge on any atom is 0.336 e. The summed E-state index contributed by atoms with van der Waals surface area (Å²) in [6.45, 7) is 3.32. The van der Waals surface area contributed by atoms with E-state index in [9.17, 15) is 19.5 Å². The summed E-state index contributed by atoms with van der Waals surface area (Å²) in [4.78, 5) is 35.9. The van der Waals surface area contributed by atoms with Gasteiger partial charge in [-0.2, -0.15) is 0 Å². The van der Waals surface area contributed by atoms with Gasteiger partial charge < -0.3 is 14.8 Å². The largest absolute Gasteiger partial charge is 0.481 e. The van der Waals surface area contributed by atoms with Crippen molar-refractivity contribution in [1.82, 2.24) is 0 Å². The standard InChI is InChI=1S/C21H19NO5/c1-13-10-19(24)27-17-11-15(8-9-16(13)17)22-18(23)12-21(2,20(25)26)14-6-4-3-5-7-14/h3-11H,12H2,1-2H3,(H,22,23)(H,25,26)/t21-/m1/s1. The Labute approximate surface area is 155 Å². The molecule has 0 saturated carbocycles. The van der Waals surface area contributed by atoms with Gasteiger partial charge in [-0.3, -0.25) is 9.59 Å². The molecule has 1 aromatic heterocycles. The number of hydrogen-bond donors (Lipinski definition) is 2. The lowest BCUT2D eigenvalue weighted by molar-refractivity contribution is -0.145. The van der Waals surface area contributed by atoms with Gasteiger partial charge in [0.2, 0.25) is 5.91 Å². The lowest BCUT2D eigenvalue weighted by Crippen LogP contribution is -2.36. The van der Waals surface area contributed by atoms with E-state index in [2.05, 4.69) is 5.32 Å². The van der Waals surface area contributed by atoms with E-state index < -0.39 is 22.9 Å². The number of rotatable bonds is 5. The fourth-order valence-electron chi connectivity index (χ4n) is 3.04. The van der Waals surface area contributed by atoms with Crippen LogP contribution in [0.2, 0.25) is 0 Å². The Morgan fingerprint density at radius 2 is 1.81 bits per heavy atom. The van der Waals surface area contributed by atoms with Crippen LogP contribution in [0.1, 0.15) is 24.5 Å². The van der Waals surface area contributed by atoms with Crippen molar-refractivity contribution in [3.05, 3.63) is 76.1 Å². The van der Waals surface area contributed by atoms with E-state index in [-0.39, 0.29) is 6.42 Å². The molecule has 3 aromatic rings. The summed E-state index contributed by atoms with van der Waals surface area (Å²) in [6, 6.07) is 15.0. The number of hydrogen-bond acceptors (Lipinski definition) is 4. The van der Waals surface area contributed by atoms with Gasteiger partial charge in [0.05, 0.1) is 5.41 Å². The van der Waals surface area contributed by atoms with Crippen molar-refractivity contribution in [2.75, 3.05) is 5.32 Å². The maximum absolute atomic E-state index is 12.5. The molecule has 3 rings (SSSR count). The Hall–Kier alpha value is -3.41. The number of carboxylic acids is 1. The second-order valence-electron chi connectivity index (χ2n) is 6.69. The number of aryl methyl sites for hydroxylation is 1. The van der Waals surface area contributed by atoms with Crippen molar-refractivity contribution in [1.29, 1.82) is 0 Å². The molecule has 27 heavy (non-hydrogen) atoms. The molecule has 0 fully saturated rings. The molecule has 6 heteroatoms. The number of carboxylic acid groups (broad SMARTS) is 1. The van der Waals surface area contributed by atoms with Crippen molar-refractivity contribution in [3.8, 4) is 0 Å². The molecule has 0 saturated heterocycles. The summed E-state index contributed by atoms with van der Waals surface area (Å²) in [7, 11) is 0. The van der Waals surface area contributed by atoms with Crippen LogP contribution in [0.15, 0.2) is 63.8 Å². The molecule has 6 nitrogen and oxygen atoms in total. The van der Waals surface area contributed by atoms with E-state index in [0.29, 0.717) is 16.8 Å². The highest BCUT2D eigenvalue weighted by Gasteiger charge is 2.37. The summed E-state index contributed by atoms with van der Waals surface area (Å²) < 4.78 is 5.17. The molecule has 0 bridgehead atoms. The van der Waals surface area contributed by atoms with Crippen LogP contribution >= 0.6 is 0 Å². The number of benzene rings is 2. The Bertz CT molecular complexity index is 1070. The molecule has 138 valence electrons. The smallest absolute Gasteiger partial charge is 0.336 e. The normalized spacial score (nSPS) is 13.1. The lowest BCUT2D eigenvalue weighted by Gasteiger charge is -2.24. The summed E-state index contributed by atoms with van der Waals surface area (Å²) >= 11 is 0. The van der Waals surface area contributed by atoms with Crippen LogP contribution in [0.3, 0.4) is 0 Å². The quantitative estimate of drug-likeness (QED) is 0.675. The zero-order valence-corrected chi connectivity index (χ0v) is 15.0. The first-order valence-electron chi connectivity index (χ1n) is 8.43. The maximum atomic E-state index is 12.5. The highest BCUT2D eigenvalue weighted by Crippen LogP contribution is 2.29. The minimum absolute atomic E-state index is 0.234. The third-order valence-electron chi connectivity index (χ3n) is 4.63. The third kappa shape index (κ3) is 3.74. The van der Waals surface area contributed by atoms with E-state index in [1.54, 1.807) is 55.5 Å². The molecule has 0 aliphatic carbocycles. The first-order valence-corrected chi connectivity index (χ1v) is 8.43. The first kappa shape index (κ1) is 18.4. The lowest BCUT2D eigenvalue weighted by atomic mass is 9.79. The number of anilines is 1. The van der Waals surface area contributed by atoms with E-state index in [4.69, 9.17) is 4.42 Å². The van der Waals surface area contributed by atoms with Crippen molar-refractivity contribution >= 4 is 28.5 Å². The monoisotopic (exact) mass is 365 g/mol. The Morgan fingerprint density at radius 3 is 2.48 bits per heavy atom. The van der Waals surface area contributed by atoms with Gasteiger partial charge in [-0.25, -0.2) is 4.79 Å². The SMILES string of the molecule is Cc1cc(=O)oc2cc(NC(=O)C[C@@](C)(C(=O)O)c3ccccc3)ccc12. The average molecular weight is 365 g/mol. The summed E-state index contributed by atoms with van der Waals surface area (Å²) in [5.74, 6) is -1.53. The van der Waals surface area contributed by atoms with Gasteiger partial charge in [0.25, 0.3) is 0 Å². The summed E-state index contributed by atoms with van der Waals surface area (Å²) in [6.07, 6.45) is -0.234. The Balaban J connectivity index is 1.85. The number of carbonyl (C=O) groups is 2. The van der Waals surface area contributed by atoms with Crippen LogP contribution < -0.4 is 10.9 Å². The molecule has 1 amide bonds. The predicted molar refractivity (Wildman–Crippen MR) is 102 cm³/mol. The molecule has 1 atom stereocenters. The molecule has 1 heterocycles. The van der Waals surface area contributed by atoms with Crippen molar-refractivity contribution in [2.24, 2.45) is 0 Å². The molecule has 0 radical (unpaired) electrons. The van der Waals surface area contributed by atoms with E-state index in [1.807, 2.05) is 0 Å². The molecule has 0 aliphatic heterocycles. The predicted octanol–water partition coefficient (Wildman–Crippen LogP) is 3.47. The minimum atomic E-state index is -1.36. The number of aliphatic carboxylic acids is 1. The topological polar surface area (TPSA) is 96.6 Å². The summed E-state index contributed by atoms with van der Waals surface area (Å²) in [5.41, 5.74) is 0.301. The van der Waals surface area contributed by atoms with E-state index in [1.165, 1.54) is 13.0 Å². The molecular formula is C21H19NO5. The zero-order chi connectivity index (χ0) is 19.6. The average Bonchev–Trinajstić information content (AvgIpc) is 2.61. The third-order valence-corrected chi connectivity index (χ3v) is 4.63. The first-order chi connectivity index (χ1) is 12.8. The highest BCUT2D eigenvalue weighted by atomic mass is 16.4. The van der Waals surface area contributed by atoms with Gasteiger partial charge in [0, 0.05) is 29.6 Å². The van der Waals surface area contributed by atoms with E-state index in [0.717, 1.165) is 10.9 Å². The van der Waals surface area contributed by atoms with Crippen molar-refractivity contribution < 1.29 is 19.1 Å². The molecule has 0 spiro atoms. The highest BCUT2D eigenvalue weighted by molar-refractivity contribution is 5.97. The fraction of sp³-hybridized carbons (Fsp3) is 0.190. The van der Waals surface area contributed by atoms with Gasteiger partial charge >= 0.3 is 11.6 Å². The number of carbonyl (C=O) groups excluding carboxylic acids is 1. The van der Waals surface area contributed by atoms with Gasteiger partial charge in [0.15, 0.2) is 0 Å². The number of nitrogens with one attached hydrogen (secondary N) is 1. The van der Waals surface area contributed by atoms with E-state index >= 15 is 0 Å².